The van der Waals surface area contributed by atoms with Crippen LogP contribution in [0.4, 0.5) is 10.2 Å². The third-order valence-electron chi connectivity index (χ3n) is 4.86. The van der Waals surface area contributed by atoms with Crippen LogP contribution in [0, 0.1) is 11.2 Å². The second-order valence-corrected chi connectivity index (χ2v) is 8.88. The van der Waals surface area contributed by atoms with Crippen LogP contribution in [0.25, 0.3) is 0 Å². The van der Waals surface area contributed by atoms with Gasteiger partial charge in [-0.15, -0.1) is 0 Å². The van der Waals surface area contributed by atoms with Crippen molar-refractivity contribution in [3.8, 4) is 0 Å². The molecule has 1 atom stereocenters. The highest BCUT2D eigenvalue weighted by atomic mass is 32.2. The fraction of sp³-hybridized carbons (Fsp3) is 0.688. The number of aromatic nitrogens is 1. The molecule has 0 saturated carbocycles. The molecule has 0 amide bonds. The Morgan fingerprint density at radius 3 is 2.96 bits per heavy atom. The molecule has 3 heterocycles. The van der Waals surface area contributed by atoms with Gasteiger partial charge in [0.2, 0.25) is 10.0 Å². The first-order valence-electron chi connectivity index (χ1n) is 8.37. The van der Waals surface area contributed by atoms with Gasteiger partial charge in [-0.3, -0.25) is 0 Å². The lowest BCUT2D eigenvalue weighted by molar-refractivity contribution is 0.0350. The van der Waals surface area contributed by atoms with Gasteiger partial charge in [-0.2, -0.15) is 0 Å². The highest BCUT2D eigenvalue weighted by Crippen LogP contribution is 2.35. The summed E-state index contributed by atoms with van der Waals surface area (Å²) >= 11 is 0. The van der Waals surface area contributed by atoms with E-state index in [0.717, 1.165) is 12.8 Å². The number of halogens is 1. The molecule has 134 valence electrons. The molecule has 1 spiro atoms. The predicted molar refractivity (Wildman–Crippen MR) is 89.9 cm³/mol. The van der Waals surface area contributed by atoms with Crippen LogP contribution in [0.3, 0.4) is 0 Å². The van der Waals surface area contributed by atoms with Crippen molar-refractivity contribution in [2.75, 3.05) is 50.0 Å². The molecule has 6 nitrogen and oxygen atoms in total. The third kappa shape index (κ3) is 3.55. The van der Waals surface area contributed by atoms with Crippen LogP contribution >= 0.6 is 0 Å². The van der Waals surface area contributed by atoms with E-state index in [1.165, 1.54) is 6.07 Å². The zero-order valence-corrected chi connectivity index (χ0v) is 14.8. The summed E-state index contributed by atoms with van der Waals surface area (Å²) in [4.78, 5) is 6.06. The first-order valence-corrected chi connectivity index (χ1v) is 9.98. The van der Waals surface area contributed by atoms with Gasteiger partial charge in [-0.1, -0.05) is 0 Å². The highest BCUT2D eigenvalue weighted by molar-refractivity contribution is 7.89. The normalized spacial score (nSPS) is 26.5. The third-order valence-corrected chi connectivity index (χ3v) is 6.69. The molecule has 0 radical (unpaired) electrons. The molecule has 3 rings (SSSR count). The molecule has 2 fully saturated rings. The van der Waals surface area contributed by atoms with E-state index in [1.54, 1.807) is 23.5 Å². The number of hydrogen-bond donors (Lipinski definition) is 0. The predicted octanol–water partition coefficient (Wildman–Crippen LogP) is 1.49. The Kier molecular flexibility index (Phi) is 5.08. The largest absolute Gasteiger partial charge is 0.379 e. The van der Waals surface area contributed by atoms with Crippen molar-refractivity contribution in [3.05, 3.63) is 24.1 Å². The lowest BCUT2D eigenvalue weighted by Crippen LogP contribution is -2.52. The Balaban J connectivity index is 1.85. The fourth-order valence-electron chi connectivity index (χ4n) is 3.61. The quantitative estimate of drug-likeness (QED) is 0.820. The Labute approximate surface area is 142 Å². The van der Waals surface area contributed by atoms with Gasteiger partial charge in [0.25, 0.3) is 0 Å². The number of anilines is 1. The van der Waals surface area contributed by atoms with E-state index in [2.05, 4.69) is 4.98 Å². The standard InChI is InChI=1S/C16H24FN3O3S/c1-2-24(21,22)20-8-4-6-16(12-20)11-19(9-10-23-13-16)15-14(17)5-3-7-18-15/h3,5,7H,2,4,6,8-13H2,1H3/t16-/m0/s1. The summed E-state index contributed by atoms with van der Waals surface area (Å²) in [6.07, 6.45) is 3.24. The average Bonchev–Trinajstić information content (AvgIpc) is 2.78. The first-order chi connectivity index (χ1) is 11.5. The number of rotatable bonds is 3. The number of piperidine rings is 1. The molecule has 0 aromatic carbocycles. The van der Waals surface area contributed by atoms with Crippen molar-refractivity contribution in [1.29, 1.82) is 0 Å². The lowest BCUT2D eigenvalue weighted by Gasteiger charge is -2.43. The first kappa shape index (κ1) is 17.6. The van der Waals surface area contributed by atoms with E-state index in [-0.39, 0.29) is 17.0 Å². The molecule has 0 N–H and O–H groups in total. The van der Waals surface area contributed by atoms with Gasteiger partial charge in [0.1, 0.15) is 0 Å². The molecule has 0 unspecified atom stereocenters. The average molecular weight is 357 g/mol. The smallest absolute Gasteiger partial charge is 0.213 e. The maximum Gasteiger partial charge on any atom is 0.213 e. The van der Waals surface area contributed by atoms with Crippen LogP contribution in [-0.2, 0) is 14.8 Å². The minimum atomic E-state index is -3.23. The van der Waals surface area contributed by atoms with Crippen LogP contribution < -0.4 is 4.90 Å². The Morgan fingerprint density at radius 1 is 1.38 bits per heavy atom. The van der Waals surface area contributed by atoms with Crippen molar-refractivity contribution < 1.29 is 17.5 Å². The molecular weight excluding hydrogens is 333 g/mol. The summed E-state index contributed by atoms with van der Waals surface area (Å²) in [5, 5.41) is 0. The van der Waals surface area contributed by atoms with E-state index in [4.69, 9.17) is 4.74 Å². The van der Waals surface area contributed by atoms with E-state index in [9.17, 15) is 12.8 Å². The maximum atomic E-state index is 14.1. The summed E-state index contributed by atoms with van der Waals surface area (Å²) < 4.78 is 46.0. The molecule has 2 aliphatic rings. The number of ether oxygens (including phenoxy) is 1. The number of nitrogens with zero attached hydrogens (tertiary/aromatic N) is 3. The molecule has 24 heavy (non-hydrogen) atoms. The Morgan fingerprint density at radius 2 is 2.21 bits per heavy atom. The van der Waals surface area contributed by atoms with Gasteiger partial charge in [0, 0.05) is 37.8 Å². The van der Waals surface area contributed by atoms with Crippen molar-refractivity contribution in [3.63, 3.8) is 0 Å². The second kappa shape index (κ2) is 6.93. The molecule has 1 aromatic rings. The summed E-state index contributed by atoms with van der Waals surface area (Å²) in [5.41, 5.74) is -0.319. The van der Waals surface area contributed by atoms with E-state index < -0.39 is 10.0 Å². The van der Waals surface area contributed by atoms with Gasteiger partial charge in [-0.25, -0.2) is 22.1 Å². The Bertz CT molecular complexity index is 685. The monoisotopic (exact) mass is 357 g/mol. The van der Waals surface area contributed by atoms with Gasteiger partial charge < -0.3 is 9.64 Å². The zero-order chi connectivity index (χ0) is 17.2. The lowest BCUT2D eigenvalue weighted by atomic mass is 9.81. The molecule has 1 aromatic heterocycles. The van der Waals surface area contributed by atoms with Crippen LogP contribution in [0.5, 0.6) is 0 Å². The van der Waals surface area contributed by atoms with E-state index in [1.807, 2.05) is 4.90 Å². The molecule has 2 aliphatic heterocycles. The van der Waals surface area contributed by atoms with Crippen molar-refractivity contribution in [2.24, 2.45) is 5.41 Å². The molecule has 2 saturated heterocycles. The second-order valence-electron chi connectivity index (χ2n) is 6.62. The molecule has 0 bridgehead atoms. The SMILES string of the molecule is CCS(=O)(=O)N1CCC[C@@]2(COCCN(c3ncccc3F)C2)C1. The summed E-state index contributed by atoms with van der Waals surface area (Å²) in [7, 11) is -3.23. The molecule has 0 aliphatic carbocycles. The minimum Gasteiger partial charge on any atom is -0.379 e. The van der Waals surface area contributed by atoms with Crippen LogP contribution in [0.15, 0.2) is 18.3 Å². The van der Waals surface area contributed by atoms with Gasteiger partial charge >= 0.3 is 0 Å². The Hall–Kier alpha value is -1.25. The van der Waals surface area contributed by atoms with Crippen molar-refractivity contribution in [1.82, 2.24) is 9.29 Å². The minimum absolute atomic E-state index is 0.0997. The van der Waals surface area contributed by atoms with E-state index >= 15 is 0 Å². The summed E-state index contributed by atoms with van der Waals surface area (Å²) in [6, 6.07) is 2.97. The zero-order valence-electron chi connectivity index (χ0n) is 13.9. The van der Waals surface area contributed by atoms with Crippen molar-refractivity contribution >= 4 is 15.8 Å². The van der Waals surface area contributed by atoms with Crippen LogP contribution in [0.2, 0.25) is 0 Å². The molecule has 8 heteroatoms. The van der Waals surface area contributed by atoms with Gasteiger partial charge in [-0.05, 0) is 31.9 Å². The summed E-state index contributed by atoms with van der Waals surface area (Å²) in [6.45, 7) is 4.72. The highest BCUT2D eigenvalue weighted by Gasteiger charge is 2.42. The van der Waals surface area contributed by atoms with Crippen molar-refractivity contribution in [2.45, 2.75) is 19.8 Å². The van der Waals surface area contributed by atoms with Crippen LogP contribution in [0.1, 0.15) is 19.8 Å². The van der Waals surface area contributed by atoms with Crippen LogP contribution in [-0.4, -0.2) is 62.9 Å². The number of sulfonamides is 1. The molecular formula is C16H24FN3O3S. The number of pyridine rings is 1. The fourth-order valence-corrected chi connectivity index (χ4v) is 4.86. The maximum absolute atomic E-state index is 14.1. The summed E-state index contributed by atoms with van der Waals surface area (Å²) in [5.74, 6) is 0.0592. The van der Waals surface area contributed by atoms with Gasteiger partial charge in [0.05, 0.1) is 19.0 Å². The van der Waals surface area contributed by atoms with E-state index in [0.29, 0.717) is 45.2 Å². The number of hydrogen-bond acceptors (Lipinski definition) is 5. The van der Waals surface area contributed by atoms with Gasteiger partial charge in [0.15, 0.2) is 11.6 Å². The topological polar surface area (TPSA) is 62.7 Å².